The normalized spacial score (nSPS) is 10.8. The summed E-state index contributed by atoms with van der Waals surface area (Å²) in [7, 11) is 1.72. The van der Waals surface area contributed by atoms with E-state index < -0.39 is 5.91 Å². The largest absolute Gasteiger partial charge is 0.484 e. The number of nitrogens with zero attached hydrogens (tertiary/aromatic N) is 2. The number of primary amides is 1. The minimum Gasteiger partial charge on any atom is -0.484 e. The summed E-state index contributed by atoms with van der Waals surface area (Å²) < 4.78 is 10.3. The lowest BCUT2D eigenvalue weighted by molar-refractivity contribution is -0.125. The molecule has 2 amide bonds. The maximum Gasteiger partial charge on any atom is 0.255 e. The van der Waals surface area contributed by atoms with E-state index in [0.29, 0.717) is 18.1 Å². The fourth-order valence-corrected chi connectivity index (χ4v) is 2.17. The van der Waals surface area contributed by atoms with E-state index in [1.807, 2.05) is 13.8 Å². The molecule has 132 valence electrons. The van der Waals surface area contributed by atoms with Crippen LogP contribution in [0.5, 0.6) is 5.75 Å². The molecule has 2 N–H and O–H groups in total. The highest BCUT2D eigenvalue weighted by Crippen LogP contribution is 2.15. The summed E-state index contributed by atoms with van der Waals surface area (Å²) >= 11 is 0. The summed E-state index contributed by atoms with van der Waals surface area (Å²) in [6.45, 7) is 3.94. The summed E-state index contributed by atoms with van der Waals surface area (Å²) in [5, 5.41) is 3.88. The van der Waals surface area contributed by atoms with Crippen LogP contribution < -0.4 is 10.5 Å². The van der Waals surface area contributed by atoms with Gasteiger partial charge in [0.1, 0.15) is 11.5 Å². The average molecular weight is 343 g/mol. The number of likely N-dealkylation sites (N-methyl/N-ethyl adjacent to an activating group) is 1. The van der Waals surface area contributed by atoms with Crippen LogP contribution in [0.1, 0.15) is 22.6 Å². The highest BCUT2D eigenvalue weighted by atomic mass is 16.5. The van der Waals surface area contributed by atoms with E-state index in [-0.39, 0.29) is 12.5 Å². The predicted octanol–water partition coefficient (Wildman–Crippen LogP) is 1.83. The first-order chi connectivity index (χ1) is 11.9. The van der Waals surface area contributed by atoms with Crippen molar-refractivity contribution in [2.75, 3.05) is 13.7 Å². The van der Waals surface area contributed by atoms with Gasteiger partial charge >= 0.3 is 0 Å². The third-order valence-corrected chi connectivity index (χ3v) is 3.63. The summed E-state index contributed by atoms with van der Waals surface area (Å²) in [4.78, 5) is 24.5. The molecule has 2 rings (SSSR count). The average Bonchev–Trinajstić information content (AvgIpc) is 2.90. The molecule has 0 aliphatic carbocycles. The summed E-state index contributed by atoms with van der Waals surface area (Å²) in [5.41, 5.74) is 7.56. The lowest BCUT2D eigenvalue weighted by Gasteiger charge is -2.14. The Morgan fingerprint density at radius 2 is 1.96 bits per heavy atom. The number of carbonyl (C=O) groups is 2. The highest BCUT2D eigenvalue weighted by Gasteiger charge is 2.13. The molecule has 0 aliphatic rings. The standard InChI is InChI=1S/C18H21N3O4/c1-12-16(13(2)25-20-12)10-21(3)18(23)9-6-14-4-7-15(8-5-14)24-11-17(19)22/h4-9H,10-11H2,1-3H3,(H2,19,22). The van der Waals surface area contributed by atoms with Gasteiger partial charge in [0.25, 0.3) is 5.91 Å². The molecule has 1 aromatic heterocycles. The number of benzene rings is 1. The van der Waals surface area contributed by atoms with Crippen molar-refractivity contribution in [1.82, 2.24) is 10.1 Å². The maximum atomic E-state index is 12.2. The zero-order valence-electron chi connectivity index (χ0n) is 14.5. The summed E-state index contributed by atoms with van der Waals surface area (Å²) in [5.74, 6) is 0.593. The molecule has 0 saturated heterocycles. The van der Waals surface area contributed by atoms with Crippen LogP contribution in [-0.4, -0.2) is 35.5 Å². The topological polar surface area (TPSA) is 98.7 Å². The van der Waals surface area contributed by atoms with Crippen molar-refractivity contribution < 1.29 is 18.8 Å². The van der Waals surface area contributed by atoms with Gasteiger partial charge in [-0.3, -0.25) is 9.59 Å². The molecule has 1 aromatic carbocycles. The van der Waals surface area contributed by atoms with Crippen molar-refractivity contribution >= 4 is 17.9 Å². The Hall–Kier alpha value is -3.09. The fourth-order valence-electron chi connectivity index (χ4n) is 2.17. The number of ether oxygens (including phenoxy) is 1. The molecule has 0 fully saturated rings. The summed E-state index contributed by atoms with van der Waals surface area (Å²) in [6.07, 6.45) is 3.21. The van der Waals surface area contributed by atoms with E-state index in [2.05, 4.69) is 5.16 Å². The molecule has 0 spiro atoms. The van der Waals surface area contributed by atoms with Gasteiger partial charge < -0.3 is 19.9 Å². The number of hydrogen-bond acceptors (Lipinski definition) is 5. The van der Waals surface area contributed by atoms with E-state index in [0.717, 1.165) is 16.8 Å². The zero-order chi connectivity index (χ0) is 18.4. The van der Waals surface area contributed by atoms with E-state index in [4.69, 9.17) is 15.0 Å². The molecule has 0 unspecified atom stereocenters. The highest BCUT2D eigenvalue weighted by molar-refractivity contribution is 5.91. The Labute approximate surface area is 146 Å². The molecule has 0 atom stereocenters. The molecule has 0 aliphatic heterocycles. The van der Waals surface area contributed by atoms with Crippen LogP contribution in [0.25, 0.3) is 6.08 Å². The second-order valence-corrected chi connectivity index (χ2v) is 5.65. The van der Waals surface area contributed by atoms with Crippen molar-refractivity contribution in [1.29, 1.82) is 0 Å². The molecule has 0 saturated carbocycles. The van der Waals surface area contributed by atoms with Gasteiger partial charge in [-0.1, -0.05) is 17.3 Å². The van der Waals surface area contributed by atoms with Crippen molar-refractivity contribution in [3.63, 3.8) is 0 Å². The van der Waals surface area contributed by atoms with Gasteiger partial charge in [0.15, 0.2) is 6.61 Å². The minimum atomic E-state index is -0.532. The van der Waals surface area contributed by atoms with Crippen molar-refractivity contribution in [2.24, 2.45) is 5.73 Å². The number of aryl methyl sites for hydroxylation is 2. The Morgan fingerprint density at radius 3 is 2.52 bits per heavy atom. The molecule has 0 radical (unpaired) electrons. The lowest BCUT2D eigenvalue weighted by atomic mass is 10.2. The molecular weight excluding hydrogens is 322 g/mol. The SMILES string of the molecule is Cc1noc(C)c1CN(C)C(=O)C=Cc1ccc(OCC(N)=O)cc1. The smallest absolute Gasteiger partial charge is 0.255 e. The number of nitrogens with two attached hydrogens (primary N) is 1. The van der Waals surface area contributed by atoms with E-state index in [9.17, 15) is 9.59 Å². The Balaban J connectivity index is 1.94. The van der Waals surface area contributed by atoms with Crippen LogP contribution in [0, 0.1) is 13.8 Å². The van der Waals surface area contributed by atoms with Gasteiger partial charge in [-0.25, -0.2) is 0 Å². The molecule has 7 nitrogen and oxygen atoms in total. The Bertz CT molecular complexity index is 759. The first-order valence-electron chi connectivity index (χ1n) is 7.73. The molecular formula is C18H21N3O4. The monoisotopic (exact) mass is 343 g/mol. The minimum absolute atomic E-state index is 0.131. The first kappa shape index (κ1) is 18.3. The molecule has 7 heteroatoms. The van der Waals surface area contributed by atoms with Crippen LogP contribution in [0.4, 0.5) is 0 Å². The van der Waals surface area contributed by atoms with E-state index in [1.165, 1.54) is 6.08 Å². The van der Waals surface area contributed by atoms with Crippen LogP contribution >= 0.6 is 0 Å². The first-order valence-corrected chi connectivity index (χ1v) is 7.73. The Morgan fingerprint density at radius 1 is 1.28 bits per heavy atom. The number of rotatable bonds is 7. The van der Waals surface area contributed by atoms with Crippen molar-refractivity contribution in [3.05, 3.63) is 52.9 Å². The van der Waals surface area contributed by atoms with Gasteiger partial charge in [-0.05, 0) is 37.6 Å². The molecule has 2 aromatic rings. The van der Waals surface area contributed by atoms with Crippen LogP contribution in [-0.2, 0) is 16.1 Å². The van der Waals surface area contributed by atoms with Gasteiger partial charge in [-0.15, -0.1) is 0 Å². The second kappa shape index (κ2) is 8.14. The van der Waals surface area contributed by atoms with E-state index in [1.54, 1.807) is 42.3 Å². The Kier molecular flexibility index (Phi) is 5.94. The van der Waals surface area contributed by atoms with Crippen molar-refractivity contribution in [2.45, 2.75) is 20.4 Å². The fraction of sp³-hybridized carbons (Fsp3) is 0.278. The van der Waals surface area contributed by atoms with Gasteiger partial charge in [0.2, 0.25) is 5.91 Å². The van der Waals surface area contributed by atoms with Crippen LogP contribution in [0.15, 0.2) is 34.9 Å². The zero-order valence-corrected chi connectivity index (χ0v) is 14.5. The third kappa shape index (κ3) is 5.20. The number of carbonyl (C=O) groups excluding carboxylic acids is 2. The predicted molar refractivity (Wildman–Crippen MR) is 92.6 cm³/mol. The van der Waals surface area contributed by atoms with Gasteiger partial charge in [0.05, 0.1) is 12.2 Å². The third-order valence-electron chi connectivity index (χ3n) is 3.63. The lowest BCUT2D eigenvalue weighted by Crippen LogP contribution is -2.24. The van der Waals surface area contributed by atoms with Gasteiger partial charge in [0, 0.05) is 18.7 Å². The maximum absolute atomic E-state index is 12.2. The molecule has 25 heavy (non-hydrogen) atoms. The second-order valence-electron chi connectivity index (χ2n) is 5.65. The number of amides is 2. The molecule has 1 heterocycles. The molecule has 0 bridgehead atoms. The van der Waals surface area contributed by atoms with Crippen LogP contribution in [0.3, 0.4) is 0 Å². The summed E-state index contributed by atoms with van der Waals surface area (Å²) in [6, 6.07) is 6.99. The van der Waals surface area contributed by atoms with Crippen LogP contribution in [0.2, 0.25) is 0 Å². The van der Waals surface area contributed by atoms with E-state index >= 15 is 0 Å². The quantitative estimate of drug-likeness (QED) is 0.773. The number of aromatic nitrogens is 1. The van der Waals surface area contributed by atoms with Gasteiger partial charge in [-0.2, -0.15) is 0 Å². The number of hydrogen-bond donors (Lipinski definition) is 1. The van der Waals surface area contributed by atoms with Crippen molar-refractivity contribution in [3.8, 4) is 5.75 Å².